The van der Waals surface area contributed by atoms with E-state index in [4.69, 9.17) is 0 Å². The van der Waals surface area contributed by atoms with Crippen LogP contribution in [0.5, 0.6) is 0 Å². The van der Waals surface area contributed by atoms with Crippen molar-refractivity contribution in [3.63, 3.8) is 0 Å². The molecule has 1 atom stereocenters. The molecule has 0 radical (unpaired) electrons. The number of piperidine rings is 1. The van der Waals surface area contributed by atoms with Crippen LogP contribution in [0.1, 0.15) is 12.8 Å². The van der Waals surface area contributed by atoms with Crippen molar-refractivity contribution in [3.05, 3.63) is 72.4 Å². The van der Waals surface area contributed by atoms with E-state index in [1.165, 1.54) is 24.3 Å². The van der Waals surface area contributed by atoms with E-state index >= 15 is 0 Å². The third-order valence-electron chi connectivity index (χ3n) is 4.95. The van der Waals surface area contributed by atoms with Crippen molar-refractivity contribution in [1.82, 2.24) is 9.97 Å². The van der Waals surface area contributed by atoms with Gasteiger partial charge in [-0.3, -0.25) is 4.79 Å². The molecule has 1 amide bonds. The Morgan fingerprint density at radius 1 is 1.07 bits per heavy atom. The Balaban J connectivity index is 1.47. The van der Waals surface area contributed by atoms with E-state index < -0.39 is 0 Å². The number of carbonyl (C=O) groups is 1. The van der Waals surface area contributed by atoms with Crippen molar-refractivity contribution < 1.29 is 13.6 Å². The zero-order valence-corrected chi connectivity index (χ0v) is 15.7. The van der Waals surface area contributed by atoms with Gasteiger partial charge in [0.05, 0.1) is 5.92 Å². The zero-order valence-electron chi connectivity index (χ0n) is 15.7. The molecule has 1 saturated heterocycles. The Kier molecular flexibility index (Phi) is 5.46. The predicted molar refractivity (Wildman–Crippen MR) is 107 cm³/mol. The predicted octanol–water partition coefficient (Wildman–Crippen LogP) is 4.28. The molecule has 2 aromatic carbocycles. The maximum atomic E-state index is 13.3. The smallest absolute Gasteiger partial charge is 0.229 e. The minimum Gasteiger partial charge on any atom is -0.356 e. The first-order chi connectivity index (χ1) is 14.1. The average Bonchev–Trinajstić information content (AvgIpc) is 2.74. The summed E-state index contributed by atoms with van der Waals surface area (Å²) >= 11 is 0. The molecular weight excluding hydrogens is 374 g/mol. The molecule has 7 heteroatoms. The molecule has 0 aliphatic carbocycles. The summed E-state index contributed by atoms with van der Waals surface area (Å²) in [7, 11) is 0. The number of hydrogen-bond acceptors (Lipinski definition) is 4. The Morgan fingerprint density at radius 3 is 2.69 bits per heavy atom. The van der Waals surface area contributed by atoms with Crippen LogP contribution in [0.25, 0.3) is 11.4 Å². The zero-order chi connectivity index (χ0) is 20.2. The molecule has 5 nitrogen and oxygen atoms in total. The number of halogens is 2. The number of amides is 1. The molecule has 0 saturated carbocycles. The maximum absolute atomic E-state index is 13.3. The van der Waals surface area contributed by atoms with Crippen LogP contribution >= 0.6 is 0 Å². The number of hydrogen-bond donors (Lipinski definition) is 1. The normalized spacial score (nSPS) is 16.5. The molecule has 0 spiro atoms. The first-order valence-corrected chi connectivity index (χ1v) is 9.49. The van der Waals surface area contributed by atoms with Gasteiger partial charge in [0.2, 0.25) is 5.91 Å². The SMILES string of the molecule is O=C(Nc1cccc(F)c1)C1CCCN(c2ccnc(-c3ccc(F)cc3)n2)C1. The fourth-order valence-electron chi connectivity index (χ4n) is 3.47. The van der Waals surface area contributed by atoms with Gasteiger partial charge in [-0.2, -0.15) is 0 Å². The lowest BCUT2D eigenvalue weighted by Crippen LogP contribution is -2.41. The van der Waals surface area contributed by atoms with Crippen LogP contribution in [-0.2, 0) is 4.79 Å². The fraction of sp³-hybridized carbons (Fsp3) is 0.227. The van der Waals surface area contributed by atoms with E-state index in [1.807, 2.05) is 4.90 Å². The largest absolute Gasteiger partial charge is 0.356 e. The van der Waals surface area contributed by atoms with E-state index in [0.29, 0.717) is 18.1 Å². The summed E-state index contributed by atoms with van der Waals surface area (Å²) in [6.07, 6.45) is 3.27. The van der Waals surface area contributed by atoms with Crippen LogP contribution in [0.15, 0.2) is 60.8 Å². The van der Waals surface area contributed by atoms with Crippen molar-refractivity contribution in [1.29, 1.82) is 0 Å². The summed E-state index contributed by atoms with van der Waals surface area (Å²) in [5, 5.41) is 2.79. The Morgan fingerprint density at radius 2 is 1.90 bits per heavy atom. The summed E-state index contributed by atoms with van der Waals surface area (Å²) in [4.78, 5) is 23.6. The molecule has 3 aromatic rings. The molecule has 1 aromatic heterocycles. The number of rotatable bonds is 4. The van der Waals surface area contributed by atoms with Gasteiger partial charge < -0.3 is 10.2 Å². The molecule has 29 heavy (non-hydrogen) atoms. The highest BCUT2D eigenvalue weighted by molar-refractivity contribution is 5.93. The molecule has 1 fully saturated rings. The number of aromatic nitrogens is 2. The molecule has 1 aliphatic rings. The van der Waals surface area contributed by atoms with Gasteiger partial charge in [0, 0.05) is 30.5 Å². The van der Waals surface area contributed by atoms with Crippen LogP contribution in [0.4, 0.5) is 20.3 Å². The molecule has 1 unspecified atom stereocenters. The first kappa shape index (κ1) is 19.0. The van der Waals surface area contributed by atoms with Crippen molar-refractivity contribution in [3.8, 4) is 11.4 Å². The topological polar surface area (TPSA) is 58.1 Å². The molecule has 1 aliphatic heterocycles. The fourth-order valence-corrected chi connectivity index (χ4v) is 3.47. The number of benzene rings is 2. The second-order valence-electron chi connectivity index (χ2n) is 7.03. The third-order valence-corrected chi connectivity index (χ3v) is 4.95. The monoisotopic (exact) mass is 394 g/mol. The third kappa shape index (κ3) is 4.56. The Hall–Kier alpha value is -3.35. The second-order valence-corrected chi connectivity index (χ2v) is 7.03. The van der Waals surface area contributed by atoms with Crippen LogP contribution in [-0.4, -0.2) is 29.0 Å². The van der Waals surface area contributed by atoms with Gasteiger partial charge in [0.25, 0.3) is 0 Å². The Bertz CT molecular complexity index is 1010. The van der Waals surface area contributed by atoms with Gasteiger partial charge in [0.1, 0.15) is 17.5 Å². The van der Waals surface area contributed by atoms with Crippen molar-refractivity contribution in [2.75, 3.05) is 23.3 Å². The van der Waals surface area contributed by atoms with Gasteiger partial charge in [-0.15, -0.1) is 0 Å². The molecule has 4 rings (SSSR count). The first-order valence-electron chi connectivity index (χ1n) is 9.49. The minimum absolute atomic E-state index is 0.131. The highest BCUT2D eigenvalue weighted by Crippen LogP contribution is 2.25. The molecular formula is C22H20F2N4O. The summed E-state index contributed by atoms with van der Waals surface area (Å²) in [5.41, 5.74) is 1.18. The molecule has 0 bridgehead atoms. The minimum atomic E-state index is -0.387. The summed E-state index contributed by atoms with van der Waals surface area (Å²) < 4.78 is 26.5. The molecule has 2 heterocycles. The van der Waals surface area contributed by atoms with E-state index in [0.717, 1.165) is 30.8 Å². The second kappa shape index (κ2) is 8.34. The highest BCUT2D eigenvalue weighted by Gasteiger charge is 2.27. The van der Waals surface area contributed by atoms with E-state index in [2.05, 4.69) is 15.3 Å². The van der Waals surface area contributed by atoms with Crippen LogP contribution in [0.2, 0.25) is 0 Å². The lowest BCUT2D eigenvalue weighted by molar-refractivity contribution is -0.120. The van der Waals surface area contributed by atoms with E-state index in [1.54, 1.807) is 36.5 Å². The van der Waals surface area contributed by atoms with Gasteiger partial charge in [-0.25, -0.2) is 18.7 Å². The highest BCUT2D eigenvalue weighted by atomic mass is 19.1. The van der Waals surface area contributed by atoms with E-state index in [-0.39, 0.29) is 23.5 Å². The van der Waals surface area contributed by atoms with Crippen molar-refractivity contribution in [2.24, 2.45) is 5.92 Å². The molecule has 148 valence electrons. The number of nitrogens with zero attached hydrogens (tertiary/aromatic N) is 3. The van der Waals surface area contributed by atoms with Gasteiger partial charge >= 0.3 is 0 Å². The molecule has 1 N–H and O–H groups in total. The van der Waals surface area contributed by atoms with Gasteiger partial charge in [-0.05, 0) is 61.4 Å². The standard InChI is InChI=1S/C22H20F2N4O/c23-17-8-6-15(7-9-17)21-25-11-10-20(27-21)28-12-2-3-16(14-28)22(29)26-19-5-1-4-18(24)13-19/h1,4-11,13,16H,2-3,12,14H2,(H,26,29). The lowest BCUT2D eigenvalue weighted by Gasteiger charge is -2.33. The average molecular weight is 394 g/mol. The quantitative estimate of drug-likeness (QED) is 0.718. The number of carbonyl (C=O) groups excluding carboxylic acids is 1. The Labute approximate surface area is 167 Å². The van der Waals surface area contributed by atoms with Gasteiger partial charge in [0.15, 0.2) is 5.82 Å². The maximum Gasteiger partial charge on any atom is 0.229 e. The van der Waals surface area contributed by atoms with Gasteiger partial charge in [-0.1, -0.05) is 6.07 Å². The van der Waals surface area contributed by atoms with Crippen LogP contribution in [0.3, 0.4) is 0 Å². The van der Waals surface area contributed by atoms with Crippen molar-refractivity contribution >= 4 is 17.4 Å². The lowest BCUT2D eigenvalue weighted by atomic mass is 9.97. The van der Waals surface area contributed by atoms with Crippen LogP contribution in [0, 0.1) is 17.6 Å². The summed E-state index contributed by atoms with van der Waals surface area (Å²) in [6.45, 7) is 1.30. The van der Waals surface area contributed by atoms with Crippen LogP contribution < -0.4 is 10.2 Å². The van der Waals surface area contributed by atoms with E-state index in [9.17, 15) is 13.6 Å². The number of anilines is 2. The summed E-state index contributed by atoms with van der Waals surface area (Å²) in [5.74, 6) is 0.177. The van der Waals surface area contributed by atoms with Crippen molar-refractivity contribution in [2.45, 2.75) is 12.8 Å². The summed E-state index contributed by atoms with van der Waals surface area (Å²) in [6, 6.07) is 13.7. The number of nitrogens with one attached hydrogen (secondary N) is 1.